The van der Waals surface area contributed by atoms with Gasteiger partial charge in [-0.25, -0.2) is 18.4 Å². The number of hydrogen-bond donors (Lipinski definition) is 3. The molecule has 0 unspecified atom stereocenters. The first-order chi connectivity index (χ1) is 16.6. The van der Waals surface area contributed by atoms with Gasteiger partial charge in [-0.3, -0.25) is 5.10 Å². The lowest BCUT2D eigenvalue weighted by molar-refractivity contribution is 0.432. The second-order valence-corrected chi connectivity index (χ2v) is 9.95. The van der Waals surface area contributed by atoms with Crippen molar-refractivity contribution >= 4 is 44.7 Å². The third kappa shape index (κ3) is 4.84. The van der Waals surface area contributed by atoms with Crippen molar-refractivity contribution in [3.05, 3.63) is 72.2 Å². The van der Waals surface area contributed by atoms with Crippen LogP contribution >= 0.6 is 0 Å². The molecule has 4 aromatic rings. The second-order valence-electron chi connectivity index (χ2n) is 8.01. The van der Waals surface area contributed by atoms with Crippen molar-refractivity contribution < 1.29 is 8.42 Å². The summed E-state index contributed by atoms with van der Waals surface area (Å²) in [6, 6.07) is 12.7. The predicted molar refractivity (Wildman–Crippen MR) is 133 cm³/mol. The molecule has 2 aromatic carbocycles. The Kier molecular flexibility index (Phi) is 6.35. The Morgan fingerprint density at radius 2 is 1.76 bits per heavy atom. The highest BCUT2D eigenvalue weighted by molar-refractivity contribution is 7.89. The summed E-state index contributed by atoms with van der Waals surface area (Å²) in [5.74, 6) is 0.434. The van der Waals surface area contributed by atoms with Gasteiger partial charge in [0.1, 0.15) is 0 Å². The zero-order valence-electron chi connectivity index (χ0n) is 18.5. The molecule has 0 bridgehead atoms. The van der Waals surface area contributed by atoms with Crippen molar-refractivity contribution in [3.63, 3.8) is 0 Å². The molecule has 1 fully saturated rings. The van der Waals surface area contributed by atoms with Gasteiger partial charge in [0.25, 0.3) is 0 Å². The van der Waals surface area contributed by atoms with E-state index >= 15 is 0 Å². The summed E-state index contributed by atoms with van der Waals surface area (Å²) < 4.78 is 27.4. The fourth-order valence-corrected chi connectivity index (χ4v) is 5.34. The summed E-state index contributed by atoms with van der Waals surface area (Å²) >= 11 is 0. The Morgan fingerprint density at radius 1 is 0.941 bits per heavy atom. The number of aromatic nitrogens is 4. The molecule has 2 aromatic heterocycles. The van der Waals surface area contributed by atoms with Crippen LogP contribution in [0.25, 0.3) is 23.1 Å². The van der Waals surface area contributed by atoms with E-state index in [0.29, 0.717) is 31.3 Å². The third-order valence-corrected chi connectivity index (χ3v) is 7.61. The van der Waals surface area contributed by atoms with Crippen molar-refractivity contribution in [1.29, 1.82) is 0 Å². The molecular formula is C24H25N7O2S. The molecule has 1 aliphatic rings. The first-order valence-electron chi connectivity index (χ1n) is 11.1. The van der Waals surface area contributed by atoms with Crippen LogP contribution in [-0.4, -0.2) is 59.1 Å². The summed E-state index contributed by atoms with van der Waals surface area (Å²) in [7, 11) is -3.50. The van der Waals surface area contributed by atoms with Crippen molar-refractivity contribution in [3.8, 4) is 0 Å². The highest BCUT2D eigenvalue weighted by Crippen LogP contribution is 2.21. The number of benzene rings is 2. The van der Waals surface area contributed by atoms with Gasteiger partial charge in [-0.15, -0.1) is 0 Å². The number of rotatable bonds is 6. The Bertz CT molecular complexity index is 1390. The first kappa shape index (κ1) is 22.2. The van der Waals surface area contributed by atoms with Gasteiger partial charge < -0.3 is 10.6 Å². The quantitative estimate of drug-likeness (QED) is 0.392. The number of fused-ring (bicyclic) bond motifs is 1. The SMILES string of the molecule is O=S(=O)(c1ccc(Nc2ncc(/C=C/c3cccc4[nH]ncc34)cn2)cc1)N1CCCNCC1. The number of nitrogens with zero attached hydrogens (tertiary/aromatic N) is 4. The predicted octanol–water partition coefficient (Wildman–Crippen LogP) is 3.25. The molecule has 3 N–H and O–H groups in total. The van der Waals surface area contributed by atoms with E-state index in [4.69, 9.17) is 0 Å². The minimum Gasteiger partial charge on any atom is -0.324 e. The zero-order chi connectivity index (χ0) is 23.4. The molecule has 3 heterocycles. The fourth-order valence-electron chi connectivity index (χ4n) is 3.86. The van der Waals surface area contributed by atoms with Crippen LogP contribution in [0.3, 0.4) is 0 Å². The number of anilines is 2. The lowest BCUT2D eigenvalue weighted by Crippen LogP contribution is -2.34. The maximum absolute atomic E-state index is 12.9. The van der Waals surface area contributed by atoms with Crippen LogP contribution < -0.4 is 10.6 Å². The van der Waals surface area contributed by atoms with Gasteiger partial charge >= 0.3 is 0 Å². The van der Waals surface area contributed by atoms with Gasteiger partial charge in [-0.05, 0) is 48.9 Å². The minimum atomic E-state index is -3.50. The van der Waals surface area contributed by atoms with E-state index < -0.39 is 10.0 Å². The van der Waals surface area contributed by atoms with E-state index in [-0.39, 0.29) is 4.90 Å². The molecule has 5 rings (SSSR count). The van der Waals surface area contributed by atoms with Crippen LogP contribution in [0.4, 0.5) is 11.6 Å². The van der Waals surface area contributed by atoms with E-state index in [9.17, 15) is 8.42 Å². The molecule has 1 aliphatic heterocycles. The van der Waals surface area contributed by atoms with Gasteiger partial charge in [0.15, 0.2) is 0 Å². The zero-order valence-corrected chi connectivity index (χ0v) is 19.3. The monoisotopic (exact) mass is 475 g/mol. The highest BCUT2D eigenvalue weighted by Gasteiger charge is 2.24. The van der Waals surface area contributed by atoms with Crippen molar-refractivity contribution in [2.24, 2.45) is 0 Å². The lowest BCUT2D eigenvalue weighted by Gasteiger charge is -2.19. The highest BCUT2D eigenvalue weighted by atomic mass is 32.2. The standard InChI is InChI=1S/C24H25N7O2S/c32-34(33,31-13-2-11-25-12-14-31)21-9-7-20(8-10-21)29-24-26-15-18(16-27-24)5-6-19-3-1-4-23-22(19)17-28-30-23/h1,3-10,15-17,25H,2,11-14H2,(H,28,30)(H,26,27,29)/b6-5+. The Hall–Kier alpha value is -3.60. The van der Waals surface area contributed by atoms with Crippen LogP contribution in [-0.2, 0) is 10.0 Å². The molecule has 9 nitrogen and oxygen atoms in total. The van der Waals surface area contributed by atoms with E-state index in [1.165, 1.54) is 4.31 Å². The van der Waals surface area contributed by atoms with Gasteiger partial charge in [0.05, 0.1) is 16.6 Å². The van der Waals surface area contributed by atoms with Gasteiger partial charge in [0.2, 0.25) is 16.0 Å². The van der Waals surface area contributed by atoms with Gasteiger partial charge in [-0.1, -0.05) is 24.3 Å². The Morgan fingerprint density at radius 3 is 2.59 bits per heavy atom. The molecular weight excluding hydrogens is 450 g/mol. The van der Waals surface area contributed by atoms with Crippen molar-refractivity contribution in [1.82, 2.24) is 29.8 Å². The molecule has 0 atom stereocenters. The third-order valence-electron chi connectivity index (χ3n) is 5.69. The maximum Gasteiger partial charge on any atom is 0.243 e. The van der Waals surface area contributed by atoms with Gasteiger partial charge in [0, 0.05) is 48.7 Å². The molecule has 0 amide bonds. The lowest BCUT2D eigenvalue weighted by atomic mass is 10.1. The van der Waals surface area contributed by atoms with Gasteiger partial charge in [-0.2, -0.15) is 9.40 Å². The molecule has 34 heavy (non-hydrogen) atoms. The van der Waals surface area contributed by atoms with Crippen molar-refractivity contribution in [2.45, 2.75) is 11.3 Å². The fraction of sp³-hybridized carbons (Fsp3) is 0.208. The maximum atomic E-state index is 12.9. The van der Waals surface area contributed by atoms with Crippen molar-refractivity contribution in [2.75, 3.05) is 31.5 Å². The first-order valence-corrected chi connectivity index (χ1v) is 12.5. The molecule has 0 spiro atoms. The van der Waals surface area contributed by atoms with Crippen LogP contribution in [0.2, 0.25) is 0 Å². The Labute approximate surface area is 198 Å². The summed E-state index contributed by atoms with van der Waals surface area (Å²) in [6.07, 6.45) is 10.0. The van der Waals surface area contributed by atoms with E-state index in [1.807, 2.05) is 30.4 Å². The Balaban J connectivity index is 1.25. The summed E-state index contributed by atoms with van der Waals surface area (Å²) in [5.41, 5.74) is 3.62. The molecule has 10 heteroatoms. The topological polar surface area (TPSA) is 116 Å². The average Bonchev–Trinajstić information content (AvgIpc) is 3.17. The summed E-state index contributed by atoms with van der Waals surface area (Å²) in [4.78, 5) is 9.02. The van der Waals surface area contributed by atoms with E-state index in [2.05, 4.69) is 30.8 Å². The largest absolute Gasteiger partial charge is 0.324 e. The van der Waals surface area contributed by atoms with E-state index in [0.717, 1.165) is 35.0 Å². The number of aromatic amines is 1. The number of nitrogens with one attached hydrogen (secondary N) is 3. The van der Waals surface area contributed by atoms with Crippen LogP contribution in [0.15, 0.2) is 66.0 Å². The number of sulfonamides is 1. The normalized spacial score (nSPS) is 15.5. The minimum absolute atomic E-state index is 0.286. The van der Waals surface area contributed by atoms with Crippen LogP contribution in [0.1, 0.15) is 17.5 Å². The smallest absolute Gasteiger partial charge is 0.243 e. The van der Waals surface area contributed by atoms with Crippen LogP contribution in [0.5, 0.6) is 0 Å². The molecule has 174 valence electrons. The number of H-pyrrole nitrogens is 1. The average molecular weight is 476 g/mol. The molecule has 1 saturated heterocycles. The molecule has 0 radical (unpaired) electrons. The molecule has 0 saturated carbocycles. The second kappa shape index (κ2) is 9.72. The molecule has 0 aliphatic carbocycles. The number of hydrogen-bond acceptors (Lipinski definition) is 7. The van der Waals surface area contributed by atoms with E-state index in [1.54, 1.807) is 42.9 Å². The summed E-state index contributed by atoms with van der Waals surface area (Å²) in [6.45, 7) is 2.51. The van der Waals surface area contributed by atoms with Crippen LogP contribution in [0, 0.1) is 0 Å². The summed E-state index contributed by atoms with van der Waals surface area (Å²) in [5, 5.41) is 14.4.